The highest BCUT2D eigenvalue weighted by atomic mass is 16.5. The van der Waals surface area contributed by atoms with Gasteiger partial charge in [0.15, 0.2) is 0 Å². The average molecular weight is 345 g/mol. The standard InChI is InChI=1S/C19H27N3O3/c1-25-13-5-9-16-7-2-3-11-21(16)18(23)15-6-4-8-17(14-15)22-12-10-20-19(22)24/h4,6,8,14,16H,2-3,5,7,9-13H2,1H3,(H,20,24). The third-order valence-corrected chi connectivity index (χ3v) is 5.04. The van der Waals surface area contributed by atoms with Gasteiger partial charge in [-0.2, -0.15) is 0 Å². The van der Waals surface area contributed by atoms with Gasteiger partial charge in [-0.25, -0.2) is 4.79 Å². The second kappa shape index (κ2) is 8.34. The topological polar surface area (TPSA) is 61.9 Å². The Labute approximate surface area is 149 Å². The van der Waals surface area contributed by atoms with E-state index in [0.717, 1.165) is 44.5 Å². The molecule has 0 spiro atoms. The predicted octanol–water partition coefficient (Wildman–Crippen LogP) is 2.64. The molecule has 3 rings (SSSR count). The van der Waals surface area contributed by atoms with E-state index in [4.69, 9.17) is 4.74 Å². The zero-order chi connectivity index (χ0) is 17.6. The SMILES string of the molecule is COCCCC1CCCCN1C(=O)c1cccc(N2CCNC2=O)c1. The maximum Gasteiger partial charge on any atom is 0.321 e. The molecule has 2 heterocycles. The number of urea groups is 1. The summed E-state index contributed by atoms with van der Waals surface area (Å²) in [6.45, 7) is 2.83. The normalized spacial score (nSPS) is 20.7. The van der Waals surface area contributed by atoms with E-state index >= 15 is 0 Å². The third kappa shape index (κ3) is 4.12. The van der Waals surface area contributed by atoms with Gasteiger partial charge in [0.05, 0.1) is 0 Å². The first-order chi connectivity index (χ1) is 12.2. The molecule has 136 valence electrons. The van der Waals surface area contributed by atoms with Crippen molar-refractivity contribution in [2.45, 2.75) is 38.1 Å². The number of methoxy groups -OCH3 is 1. The maximum atomic E-state index is 13.1. The quantitative estimate of drug-likeness (QED) is 0.806. The van der Waals surface area contributed by atoms with Gasteiger partial charge >= 0.3 is 6.03 Å². The van der Waals surface area contributed by atoms with Crippen LogP contribution in [-0.4, -0.2) is 56.2 Å². The molecular weight excluding hydrogens is 318 g/mol. The van der Waals surface area contributed by atoms with E-state index in [1.807, 2.05) is 29.2 Å². The number of ether oxygens (including phenoxy) is 1. The monoisotopic (exact) mass is 345 g/mol. The largest absolute Gasteiger partial charge is 0.385 e. The molecule has 6 nitrogen and oxygen atoms in total. The number of amides is 3. The van der Waals surface area contributed by atoms with Gasteiger partial charge < -0.3 is 15.0 Å². The highest BCUT2D eigenvalue weighted by molar-refractivity contribution is 5.98. The fourth-order valence-corrected chi connectivity index (χ4v) is 3.72. The summed E-state index contributed by atoms with van der Waals surface area (Å²) < 4.78 is 5.15. The molecule has 1 aromatic carbocycles. The lowest BCUT2D eigenvalue weighted by molar-refractivity contribution is 0.0585. The molecule has 25 heavy (non-hydrogen) atoms. The molecule has 0 bridgehead atoms. The number of nitrogens with zero attached hydrogens (tertiary/aromatic N) is 2. The van der Waals surface area contributed by atoms with Crippen LogP contribution in [0.1, 0.15) is 42.5 Å². The summed E-state index contributed by atoms with van der Waals surface area (Å²) in [4.78, 5) is 28.6. The summed E-state index contributed by atoms with van der Waals surface area (Å²) in [7, 11) is 1.71. The van der Waals surface area contributed by atoms with Gasteiger partial charge in [-0.05, 0) is 50.3 Å². The van der Waals surface area contributed by atoms with Crippen molar-refractivity contribution in [2.24, 2.45) is 0 Å². The lowest BCUT2D eigenvalue weighted by Crippen LogP contribution is -2.43. The lowest BCUT2D eigenvalue weighted by atomic mass is 9.97. The molecule has 0 aliphatic carbocycles. The number of carbonyl (C=O) groups is 2. The van der Waals surface area contributed by atoms with Crippen LogP contribution in [0.25, 0.3) is 0 Å². The van der Waals surface area contributed by atoms with Crippen molar-refractivity contribution in [3.63, 3.8) is 0 Å². The summed E-state index contributed by atoms with van der Waals surface area (Å²) in [5, 5.41) is 2.80. The van der Waals surface area contributed by atoms with Crippen molar-refractivity contribution >= 4 is 17.6 Å². The maximum absolute atomic E-state index is 13.1. The lowest BCUT2D eigenvalue weighted by Gasteiger charge is -2.36. The van der Waals surface area contributed by atoms with E-state index in [9.17, 15) is 9.59 Å². The van der Waals surface area contributed by atoms with Crippen LogP contribution in [0.3, 0.4) is 0 Å². The minimum Gasteiger partial charge on any atom is -0.385 e. The van der Waals surface area contributed by atoms with E-state index in [1.54, 1.807) is 12.0 Å². The second-order valence-electron chi connectivity index (χ2n) is 6.72. The van der Waals surface area contributed by atoms with Gasteiger partial charge in [-0.1, -0.05) is 6.07 Å². The Bertz CT molecular complexity index is 620. The second-order valence-corrected chi connectivity index (χ2v) is 6.72. The molecule has 2 aliphatic rings. The van der Waals surface area contributed by atoms with Crippen LogP contribution in [0, 0.1) is 0 Å². The summed E-state index contributed by atoms with van der Waals surface area (Å²) >= 11 is 0. The first-order valence-electron chi connectivity index (χ1n) is 9.16. The Morgan fingerprint density at radius 1 is 1.32 bits per heavy atom. The molecule has 6 heteroatoms. The molecule has 1 atom stereocenters. The fourth-order valence-electron chi connectivity index (χ4n) is 3.72. The number of anilines is 1. The Morgan fingerprint density at radius 3 is 2.96 bits per heavy atom. The zero-order valence-corrected chi connectivity index (χ0v) is 14.9. The number of hydrogen-bond donors (Lipinski definition) is 1. The third-order valence-electron chi connectivity index (χ3n) is 5.04. The molecule has 0 saturated carbocycles. The summed E-state index contributed by atoms with van der Waals surface area (Å²) in [6.07, 6.45) is 5.24. The van der Waals surface area contributed by atoms with Crippen LogP contribution < -0.4 is 10.2 Å². The first kappa shape index (κ1) is 17.7. The molecular formula is C19H27N3O3. The number of rotatable bonds is 6. The number of nitrogens with one attached hydrogen (secondary N) is 1. The molecule has 1 unspecified atom stereocenters. The van der Waals surface area contributed by atoms with Crippen LogP contribution in [0.5, 0.6) is 0 Å². The van der Waals surface area contributed by atoms with Crippen molar-refractivity contribution in [1.82, 2.24) is 10.2 Å². The van der Waals surface area contributed by atoms with Crippen molar-refractivity contribution in [1.29, 1.82) is 0 Å². The fraction of sp³-hybridized carbons (Fsp3) is 0.579. The van der Waals surface area contributed by atoms with E-state index in [-0.39, 0.29) is 18.0 Å². The van der Waals surface area contributed by atoms with E-state index in [0.29, 0.717) is 18.7 Å². The van der Waals surface area contributed by atoms with E-state index < -0.39 is 0 Å². The van der Waals surface area contributed by atoms with Crippen molar-refractivity contribution < 1.29 is 14.3 Å². The smallest absolute Gasteiger partial charge is 0.321 e. The Hall–Kier alpha value is -2.08. The van der Waals surface area contributed by atoms with Gasteiger partial charge in [-0.3, -0.25) is 9.69 Å². The Balaban J connectivity index is 1.73. The van der Waals surface area contributed by atoms with E-state index in [1.165, 1.54) is 6.42 Å². The highest BCUT2D eigenvalue weighted by Gasteiger charge is 2.28. The Morgan fingerprint density at radius 2 is 2.20 bits per heavy atom. The van der Waals surface area contributed by atoms with Crippen molar-refractivity contribution in [3.8, 4) is 0 Å². The average Bonchev–Trinajstić information content (AvgIpc) is 3.08. The molecule has 0 radical (unpaired) electrons. The van der Waals surface area contributed by atoms with Gasteiger partial charge in [0, 0.05) is 50.6 Å². The number of likely N-dealkylation sites (tertiary alicyclic amines) is 1. The molecule has 1 N–H and O–H groups in total. The van der Waals surface area contributed by atoms with Crippen LogP contribution in [0.4, 0.5) is 10.5 Å². The van der Waals surface area contributed by atoms with Crippen LogP contribution in [-0.2, 0) is 4.74 Å². The van der Waals surface area contributed by atoms with Crippen LogP contribution >= 0.6 is 0 Å². The van der Waals surface area contributed by atoms with Gasteiger partial charge in [-0.15, -0.1) is 0 Å². The number of carbonyl (C=O) groups excluding carboxylic acids is 2. The zero-order valence-electron chi connectivity index (χ0n) is 14.9. The Kier molecular flexibility index (Phi) is 5.91. The van der Waals surface area contributed by atoms with Crippen molar-refractivity contribution in [3.05, 3.63) is 29.8 Å². The van der Waals surface area contributed by atoms with Gasteiger partial charge in [0.1, 0.15) is 0 Å². The predicted molar refractivity (Wildman–Crippen MR) is 97.0 cm³/mol. The molecule has 2 saturated heterocycles. The molecule has 3 amide bonds. The molecule has 1 aromatic rings. The van der Waals surface area contributed by atoms with E-state index in [2.05, 4.69) is 5.32 Å². The summed E-state index contributed by atoms with van der Waals surface area (Å²) in [5.74, 6) is 0.0728. The van der Waals surface area contributed by atoms with Crippen LogP contribution in [0.15, 0.2) is 24.3 Å². The summed E-state index contributed by atoms with van der Waals surface area (Å²) in [6, 6.07) is 7.62. The minimum atomic E-state index is -0.0972. The number of hydrogen-bond acceptors (Lipinski definition) is 3. The highest BCUT2D eigenvalue weighted by Crippen LogP contribution is 2.25. The van der Waals surface area contributed by atoms with Gasteiger partial charge in [0.25, 0.3) is 5.91 Å². The molecule has 2 fully saturated rings. The van der Waals surface area contributed by atoms with Crippen LogP contribution in [0.2, 0.25) is 0 Å². The number of benzene rings is 1. The number of piperidine rings is 1. The van der Waals surface area contributed by atoms with Crippen molar-refractivity contribution in [2.75, 3.05) is 38.3 Å². The summed E-state index contributed by atoms with van der Waals surface area (Å²) in [5.41, 5.74) is 1.45. The molecule has 2 aliphatic heterocycles. The van der Waals surface area contributed by atoms with Gasteiger partial charge in [0.2, 0.25) is 0 Å². The minimum absolute atomic E-state index is 0.0728. The molecule has 0 aromatic heterocycles. The first-order valence-corrected chi connectivity index (χ1v) is 9.16.